The van der Waals surface area contributed by atoms with Crippen LogP contribution in [0.25, 0.3) is 0 Å². The van der Waals surface area contributed by atoms with E-state index in [0.717, 1.165) is 19.6 Å². The number of hydrogen-bond acceptors (Lipinski definition) is 3. The molecule has 0 amide bonds. The zero-order chi connectivity index (χ0) is 24.2. The monoisotopic (exact) mass is 469 g/mol. The fourth-order valence-corrected chi connectivity index (χ4v) is 4.75. The minimum Gasteiger partial charge on any atom is -0.381 e. The molecule has 0 spiro atoms. The van der Waals surface area contributed by atoms with E-state index < -0.39 is 0 Å². The first-order valence-electron chi connectivity index (χ1n) is 15.3. The van der Waals surface area contributed by atoms with Crippen LogP contribution in [0.15, 0.2) is 0 Å². The summed E-state index contributed by atoms with van der Waals surface area (Å²) in [5.41, 5.74) is 0. The largest absolute Gasteiger partial charge is 0.381 e. The minimum atomic E-state index is 0.221. The van der Waals surface area contributed by atoms with Crippen LogP contribution in [0.4, 0.5) is 0 Å². The van der Waals surface area contributed by atoms with Crippen LogP contribution in [-0.4, -0.2) is 54.4 Å². The Balaban J connectivity index is 4.11. The third-order valence-corrected chi connectivity index (χ3v) is 7.17. The standard InChI is InChI=1S/C30H64N2O/c1-4-7-10-13-16-19-22-25-31(26-23-20-17-14-11-8-5-2)28-29-32(30-33)27-24-21-18-15-12-9-6-3/h33H,4-30H2,1-3H3. The summed E-state index contributed by atoms with van der Waals surface area (Å²) in [5, 5.41) is 9.85. The van der Waals surface area contributed by atoms with Gasteiger partial charge in [0.05, 0.1) is 6.73 Å². The van der Waals surface area contributed by atoms with Crippen molar-refractivity contribution in [1.29, 1.82) is 0 Å². The third kappa shape index (κ3) is 24.8. The molecule has 0 saturated heterocycles. The molecule has 0 aliphatic rings. The molecule has 0 saturated carbocycles. The molecule has 3 nitrogen and oxygen atoms in total. The SMILES string of the molecule is CCCCCCCCCN(CO)CCN(CCCCCCCCC)CCCCCCCCC. The van der Waals surface area contributed by atoms with Gasteiger partial charge in [-0.15, -0.1) is 0 Å². The van der Waals surface area contributed by atoms with E-state index in [0.29, 0.717) is 0 Å². The number of aliphatic hydroxyl groups is 1. The van der Waals surface area contributed by atoms with Crippen LogP contribution < -0.4 is 0 Å². The van der Waals surface area contributed by atoms with Crippen molar-refractivity contribution in [2.75, 3.05) is 39.5 Å². The molecule has 0 aliphatic carbocycles. The Hall–Kier alpha value is -0.120. The number of rotatable bonds is 28. The lowest BCUT2D eigenvalue weighted by atomic mass is 10.1. The molecule has 0 unspecified atom stereocenters. The highest BCUT2D eigenvalue weighted by Gasteiger charge is 2.09. The summed E-state index contributed by atoms with van der Waals surface area (Å²) < 4.78 is 0. The van der Waals surface area contributed by atoms with Gasteiger partial charge in [-0.05, 0) is 32.4 Å². The number of aliphatic hydroxyl groups excluding tert-OH is 1. The highest BCUT2D eigenvalue weighted by Crippen LogP contribution is 2.11. The number of unbranched alkanes of at least 4 members (excludes halogenated alkanes) is 18. The van der Waals surface area contributed by atoms with Crippen molar-refractivity contribution in [3.05, 3.63) is 0 Å². The Bertz CT molecular complexity index is 332. The number of nitrogens with zero attached hydrogens (tertiary/aromatic N) is 2. The van der Waals surface area contributed by atoms with Crippen molar-refractivity contribution < 1.29 is 5.11 Å². The first-order valence-corrected chi connectivity index (χ1v) is 15.3. The predicted molar refractivity (Wildman–Crippen MR) is 149 cm³/mol. The van der Waals surface area contributed by atoms with Crippen LogP contribution in [0.5, 0.6) is 0 Å². The molecule has 0 aromatic heterocycles. The molecule has 0 aromatic rings. The second-order valence-corrected chi connectivity index (χ2v) is 10.5. The highest BCUT2D eigenvalue weighted by atomic mass is 16.3. The average molecular weight is 469 g/mol. The van der Waals surface area contributed by atoms with Gasteiger partial charge in [0.2, 0.25) is 0 Å². The zero-order valence-electron chi connectivity index (χ0n) is 23.4. The summed E-state index contributed by atoms with van der Waals surface area (Å²) in [4.78, 5) is 4.97. The van der Waals surface area contributed by atoms with Crippen molar-refractivity contribution in [3.8, 4) is 0 Å². The summed E-state index contributed by atoms with van der Waals surface area (Å²) >= 11 is 0. The van der Waals surface area contributed by atoms with Crippen molar-refractivity contribution in [2.24, 2.45) is 0 Å². The van der Waals surface area contributed by atoms with Crippen LogP contribution in [-0.2, 0) is 0 Å². The fourth-order valence-electron chi connectivity index (χ4n) is 4.75. The third-order valence-electron chi connectivity index (χ3n) is 7.17. The molecule has 0 radical (unpaired) electrons. The first-order chi connectivity index (χ1) is 16.3. The maximum Gasteiger partial charge on any atom is 0.0956 e. The van der Waals surface area contributed by atoms with E-state index in [1.165, 1.54) is 148 Å². The van der Waals surface area contributed by atoms with Gasteiger partial charge in [0.25, 0.3) is 0 Å². The second-order valence-electron chi connectivity index (χ2n) is 10.5. The fraction of sp³-hybridized carbons (Fsp3) is 1.00. The van der Waals surface area contributed by atoms with E-state index in [9.17, 15) is 5.11 Å². The van der Waals surface area contributed by atoms with Gasteiger partial charge in [0.15, 0.2) is 0 Å². The van der Waals surface area contributed by atoms with Gasteiger partial charge in [0, 0.05) is 19.6 Å². The quantitative estimate of drug-likeness (QED) is 0.0917. The molecular weight excluding hydrogens is 404 g/mol. The number of hydrogen-bond donors (Lipinski definition) is 1. The summed E-state index contributed by atoms with van der Waals surface area (Å²) in [6, 6.07) is 0. The summed E-state index contributed by atoms with van der Waals surface area (Å²) in [7, 11) is 0. The highest BCUT2D eigenvalue weighted by molar-refractivity contribution is 4.64. The van der Waals surface area contributed by atoms with Crippen molar-refractivity contribution >= 4 is 0 Å². The van der Waals surface area contributed by atoms with Gasteiger partial charge in [-0.25, -0.2) is 0 Å². The molecule has 200 valence electrons. The van der Waals surface area contributed by atoms with Crippen LogP contribution in [0.1, 0.15) is 156 Å². The van der Waals surface area contributed by atoms with Crippen LogP contribution >= 0.6 is 0 Å². The molecular formula is C30H64N2O. The van der Waals surface area contributed by atoms with Crippen LogP contribution in [0.2, 0.25) is 0 Å². The van der Waals surface area contributed by atoms with E-state index in [-0.39, 0.29) is 6.73 Å². The molecule has 0 fully saturated rings. The van der Waals surface area contributed by atoms with E-state index in [1.807, 2.05) is 0 Å². The summed E-state index contributed by atoms with van der Waals surface area (Å²) in [6.45, 7) is 12.8. The molecule has 1 N–H and O–H groups in total. The van der Waals surface area contributed by atoms with Gasteiger partial charge >= 0.3 is 0 Å². The molecule has 0 heterocycles. The second kappa shape index (κ2) is 28.1. The maximum absolute atomic E-state index is 9.85. The van der Waals surface area contributed by atoms with Crippen molar-refractivity contribution in [2.45, 2.75) is 156 Å². The van der Waals surface area contributed by atoms with E-state index in [2.05, 4.69) is 30.6 Å². The minimum absolute atomic E-state index is 0.221. The molecule has 0 bridgehead atoms. The Labute approximate surface area is 210 Å². The Morgan fingerprint density at radius 3 is 0.939 bits per heavy atom. The Kier molecular flexibility index (Phi) is 28.0. The van der Waals surface area contributed by atoms with E-state index >= 15 is 0 Å². The lowest BCUT2D eigenvalue weighted by Gasteiger charge is -2.27. The van der Waals surface area contributed by atoms with Crippen molar-refractivity contribution in [3.63, 3.8) is 0 Å². The molecule has 0 aliphatic heterocycles. The molecule has 33 heavy (non-hydrogen) atoms. The van der Waals surface area contributed by atoms with Gasteiger partial charge in [0.1, 0.15) is 0 Å². The first kappa shape index (κ1) is 32.9. The van der Waals surface area contributed by atoms with E-state index in [4.69, 9.17) is 0 Å². The lowest BCUT2D eigenvalue weighted by Crippen LogP contribution is -2.37. The van der Waals surface area contributed by atoms with Gasteiger partial charge in [-0.3, -0.25) is 4.90 Å². The van der Waals surface area contributed by atoms with Gasteiger partial charge in [-0.1, -0.05) is 136 Å². The smallest absolute Gasteiger partial charge is 0.0956 e. The van der Waals surface area contributed by atoms with Gasteiger partial charge < -0.3 is 10.0 Å². The topological polar surface area (TPSA) is 26.7 Å². The Morgan fingerprint density at radius 2 is 0.606 bits per heavy atom. The Morgan fingerprint density at radius 1 is 0.333 bits per heavy atom. The zero-order valence-corrected chi connectivity index (χ0v) is 23.4. The maximum atomic E-state index is 9.85. The summed E-state index contributed by atoms with van der Waals surface area (Å²) in [6.07, 6.45) is 28.9. The molecule has 0 atom stereocenters. The van der Waals surface area contributed by atoms with Crippen LogP contribution in [0, 0.1) is 0 Å². The molecule has 3 heteroatoms. The van der Waals surface area contributed by atoms with Crippen molar-refractivity contribution in [1.82, 2.24) is 9.80 Å². The normalized spacial score (nSPS) is 11.8. The average Bonchev–Trinajstić information content (AvgIpc) is 2.83. The van der Waals surface area contributed by atoms with Gasteiger partial charge in [-0.2, -0.15) is 0 Å². The molecule has 0 aromatic carbocycles. The molecule has 0 rings (SSSR count). The lowest BCUT2D eigenvalue weighted by molar-refractivity contribution is 0.0913. The summed E-state index contributed by atoms with van der Waals surface area (Å²) in [5.74, 6) is 0. The van der Waals surface area contributed by atoms with E-state index in [1.54, 1.807) is 0 Å². The van der Waals surface area contributed by atoms with Crippen LogP contribution in [0.3, 0.4) is 0 Å². The predicted octanol–water partition coefficient (Wildman–Crippen LogP) is 8.79.